The average molecular weight is 433 g/mol. The van der Waals surface area contributed by atoms with Crippen LogP contribution in [-0.2, 0) is 0 Å². The number of unbranched alkanes of at least 4 members (excludes halogenated alkanes) is 22. The molecular weight excluding hydrogens is 372 g/mol. The lowest BCUT2D eigenvalue weighted by Gasteiger charge is -2.03. The van der Waals surface area contributed by atoms with Gasteiger partial charge in [0, 0.05) is 0 Å². The van der Waals surface area contributed by atoms with Crippen LogP contribution in [0.1, 0.15) is 174 Å². The van der Waals surface area contributed by atoms with Crippen molar-refractivity contribution in [1.29, 1.82) is 0 Å². The lowest BCUT2D eigenvalue weighted by molar-refractivity contribution is 0.534. The minimum Gasteiger partial charge on any atom is -0.0885 e. The zero-order valence-corrected chi connectivity index (χ0v) is 22.0. The Hall–Kier alpha value is -0.520. The van der Waals surface area contributed by atoms with E-state index in [-0.39, 0.29) is 0 Å². The minimum absolute atomic E-state index is 1.26. The maximum Gasteiger partial charge on any atom is -0.0351 e. The first-order valence-corrected chi connectivity index (χ1v) is 14.7. The maximum atomic E-state index is 2.44. The van der Waals surface area contributed by atoms with Crippen LogP contribution in [0.3, 0.4) is 0 Å². The van der Waals surface area contributed by atoms with Crippen LogP contribution in [0.5, 0.6) is 0 Å². The first-order valence-electron chi connectivity index (χ1n) is 14.7. The van der Waals surface area contributed by atoms with Gasteiger partial charge in [-0.3, -0.25) is 0 Å². The highest BCUT2D eigenvalue weighted by atomic mass is 14.0. The van der Waals surface area contributed by atoms with E-state index < -0.39 is 0 Å². The van der Waals surface area contributed by atoms with Crippen LogP contribution < -0.4 is 0 Å². The molecule has 0 aromatic rings. The molecule has 0 aromatic heterocycles. The van der Waals surface area contributed by atoms with Gasteiger partial charge in [0.1, 0.15) is 0 Å². The van der Waals surface area contributed by atoms with Crippen LogP contribution in [0.4, 0.5) is 0 Å². The van der Waals surface area contributed by atoms with E-state index in [0.29, 0.717) is 0 Å². The van der Waals surface area contributed by atoms with E-state index in [1.165, 1.54) is 161 Å². The first-order chi connectivity index (χ1) is 15.4. The minimum atomic E-state index is 1.26. The van der Waals surface area contributed by atoms with Gasteiger partial charge in [-0.15, -0.1) is 0 Å². The SMILES string of the molecule is CCCC=CCCCCCCCCCCCCCCCCC=CCCCCCCCC. The van der Waals surface area contributed by atoms with Crippen molar-refractivity contribution in [2.45, 2.75) is 174 Å². The van der Waals surface area contributed by atoms with Crippen molar-refractivity contribution >= 4 is 0 Å². The predicted octanol–water partition coefficient (Wildman–Crippen LogP) is 11.9. The lowest BCUT2D eigenvalue weighted by Crippen LogP contribution is -1.83. The molecule has 0 radical (unpaired) electrons. The quantitative estimate of drug-likeness (QED) is 0.0941. The largest absolute Gasteiger partial charge is 0.0885 e. The van der Waals surface area contributed by atoms with Gasteiger partial charge in [0.15, 0.2) is 0 Å². The molecule has 0 amide bonds. The second kappa shape index (κ2) is 29.5. The molecule has 0 aliphatic heterocycles. The highest BCUT2D eigenvalue weighted by molar-refractivity contribution is 4.81. The van der Waals surface area contributed by atoms with Crippen LogP contribution in [-0.4, -0.2) is 0 Å². The van der Waals surface area contributed by atoms with Gasteiger partial charge in [-0.05, 0) is 44.9 Å². The Labute approximate surface area is 198 Å². The van der Waals surface area contributed by atoms with Crippen molar-refractivity contribution in [2.75, 3.05) is 0 Å². The molecule has 0 rings (SSSR count). The summed E-state index contributed by atoms with van der Waals surface area (Å²) in [6.07, 6.45) is 45.0. The van der Waals surface area contributed by atoms with E-state index in [9.17, 15) is 0 Å². The van der Waals surface area contributed by atoms with E-state index >= 15 is 0 Å². The van der Waals surface area contributed by atoms with Crippen molar-refractivity contribution in [3.63, 3.8) is 0 Å². The molecule has 0 bridgehead atoms. The van der Waals surface area contributed by atoms with Crippen LogP contribution in [0.25, 0.3) is 0 Å². The van der Waals surface area contributed by atoms with Crippen molar-refractivity contribution < 1.29 is 0 Å². The van der Waals surface area contributed by atoms with Crippen molar-refractivity contribution in [2.24, 2.45) is 0 Å². The molecule has 0 N–H and O–H groups in total. The molecule has 0 aliphatic rings. The van der Waals surface area contributed by atoms with Crippen LogP contribution in [0, 0.1) is 0 Å². The summed E-state index contributed by atoms with van der Waals surface area (Å²) < 4.78 is 0. The van der Waals surface area contributed by atoms with Crippen molar-refractivity contribution in [3.8, 4) is 0 Å². The fourth-order valence-corrected chi connectivity index (χ4v) is 4.33. The molecule has 184 valence electrons. The molecule has 0 nitrogen and oxygen atoms in total. The van der Waals surface area contributed by atoms with Gasteiger partial charge >= 0.3 is 0 Å². The third kappa shape index (κ3) is 29.5. The summed E-state index contributed by atoms with van der Waals surface area (Å²) in [6.45, 7) is 4.55. The van der Waals surface area contributed by atoms with E-state index in [0.717, 1.165) is 0 Å². The Morgan fingerprint density at radius 1 is 0.258 bits per heavy atom. The fraction of sp³-hybridized carbons (Fsp3) is 0.871. The monoisotopic (exact) mass is 432 g/mol. The molecule has 0 heteroatoms. The van der Waals surface area contributed by atoms with Gasteiger partial charge < -0.3 is 0 Å². The summed E-state index contributed by atoms with van der Waals surface area (Å²) in [5.41, 5.74) is 0. The first kappa shape index (κ1) is 30.5. The normalized spacial score (nSPS) is 11.9. The summed E-state index contributed by atoms with van der Waals surface area (Å²) in [5, 5.41) is 0. The Kier molecular flexibility index (Phi) is 29.0. The average Bonchev–Trinajstić information content (AvgIpc) is 2.78. The highest BCUT2D eigenvalue weighted by Crippen LogP contribution is 2.14. The van der Waals surface area contributed by atoms with E-state index in [1.807, 2.05) is 0 Å². The lowest BCUT2D eigenvalue weighted by atomic mass is 10.0. The summed E-state index contributed by atoms with van der Waals surface area (Å²) >= 11 is 0. The van der Waals surface area contributed by atoms with Crippen LogP contribution in [0.2, 0.25) is 0 Å². The summed E-state index contributed by atoms with van der Waals surface area (Å²) in [5.74, 6) is 0. The summed E-state index contributed by atoms with van der Waals surface area (Å²) in [7, 11) is 0. The summed E-state index contributed by atoms with van der Waals surface area (Å²) in [6, 6.07) is 0. The van der Waals surface area contributed by atoms with Crippen LogP contribution >= 0.6 is 0 Å². The maximum absolute atomic E-state index is 2.44. The Morgan fingerprint density at radius 3 is 0.806 bits per heavy atom. The fourth-order valence-electron chi connectivity index (χ4n) is 4.33. The van der Waals surface area contributed by atoms with Crippen molar-refractivity contribution in [1.82, 2.24) is 0 Å². The third-order valence-corrected chi connectivity index (χ3v) is 6.50. The van der Waals surface area contributed by atoms with Crippen molar-refractivity contribution in [3.05, 3.63) is 24.3 Å². The number of hydrogen-bond acceptors (Lipinski definition) is 0. The van der Waals surface area contributed by atoms with Gasteiger partial charge in [0.2, 0.25) is 0 Å². The molecule has 0 heterocycles. The van der Waals surface area contributed by atoms with Gasteiger partial charge in [-0.25, -0.2) is 0 Å². The number of rotatable bonds is 26. The zero-order chi connectivity index (χ0) is 22.5. The van der Waals surface area contributed by atoms with Gasteiger partial charge in [-0.1, -0.05) is 154 Å². The Balaban J connectivity index is 3.07. The summed E-state index contributed by atoms with van der Waals surface area (Å²) in [4.78, 5) is 0. The molecule has 31 heavy (non-hydrogen) atoms. The molecule has 0 saturated carbocycles. The van der Waals surface area contributed by atoms with Gasteiger partial charge in [0.25, 0.3) is 0 Å². The molecule has 0 fully saturated rings. The van der Waals surface area contributed by atoms with E-state index in [1.54, 1.807) is 0 Å². The molecular formula is C31H60. The van der Waals surface area contributed by atoms with Gasteiger partial charge in [0.05, 0.1) is 0 Å². The smallest absolute Gasteiger partial charge is 0.0351 e. The molecule has 0 atom stereocenters. The number of allylic oxidation sites excluding steroid dienone is 4. The molecule has 0 aromatic carbocycles. The zero-order valence-electron chi connectivity index (χ0n) is 22.0. The molecule has 0 unspecified atom stereocenters. The molecule has 0 spiro atoms. The highest BCUT2D eigenvalue weighted by Gasteiger charge is 1.94. The number of hydrogen-bond donors (Lipinski definition) is 0. The Bertz CT molecular complexity index is 351. The molecule has 0 aliphatic carbocycles. The standard InChI is InChI=1S/C31H60/c1-3-5-7-9-11-13-15-17-19-21-23-25-27-29-31-30-28-26-24-22-20-18-16-14-12-10-8-6-4-2/h7,9,18,20H,3-6,8,10-17,19,21-31H2,1-2H3. The van der Waals surface area contributed by atoms with Gasteiger partial charge in [-0.2, -0.15) is 0 Å². The topological polar surface area (TPSA) is 0 Å². The van der Waals surface area contributed by atoms with E-state index in [2.05, 4.69) is 38.2 Å². The van der Waals surface area contributed by atoms with E-state index in [4.69, 9.17) is 0 Å². The predicted molar refractivity (Wildman–Crippen MR) is 145 cm³/mol. The molecule has 0 saturated heterocycles. The van der Waals surface area contributed by atoms with Crippen LogP contribution in [0.15, 0.2) is 24.3 Å². The second-order valence-electron chi connectivity index (χ2n) is 9.82. The second-order valence-corrected chi connectivity index (χ2v) is 9.82. The third-order valence-electron chi connectivity index (χ3n) is 6.50. The Morgan fingerprint density at radius 2 is 0.516 bits per heavy atom.